The van der Waals surface area contributed by atoms with Gasteiger partial charge >= 0.3 is 0 Å². The average molecular weight is 544 g/mol. The number of carbonyl (C=O) groups excluding carboxylic acids is 2. The van der Waals surface area contributed by atoms with E-state index in [1.54, 1.807) is 30.3 Å². The summed E-state index contributed by atoms with van der Waals surface area (Å²) in [6.45, 7) is -0.153. The van der Waals surface area contributed by atoms with E-state index in [1.807, 2.05) is 24.3 Å². The summed E-state index contributed by atoms with van der Waals surface area (Å²) in [5.74, 6) is 0.298. The van der Waals surface area contributed by atoms with Gasteiger partial charge in [-0.15, -0.1) is 5.10 Å². The highest BCUT2D eigenvalue weighted by atomic mass is 16.5. The number of nitrogens with one attached hydrogen (secondary N) is 1. The van der Waals surface area contributed by atoms with E-state index in [0.717, 1.165) is 32.1 Å². The highest BCUT2D eigenvalue weighted by Crippen LogP contribution is 2.36. The molecule has 1 fully saturated rings. The Morgan fingerprint density at radius 3 is 2.45 bits per heavy atom. The lowest BCUT2D eigenvalue weighted by atomic mass is 9.94. The fraction of sp³-hybridized carbons (Fsp3) is 0.333. The number of phenolic OH excluding ortho intramolecular Hbond substituents is 1. The second-order valence-electron chi connectivity index (χ2n) is 9.88. The van der Waals surface area contributed by atoms with Crippen molar-refractivity contribution in [3.05, 3.63) is 72.3 Å². The van der Waals surface area contributed by atoms with Crippen LogP contribution in [0.1, 0.15) is 43.7 Å². The summed E-state index contributed by atoms with van der Waals surface area (Å²) in [6, 6.07) is 17.8. The Morgan fingerprint density at radius 1 is 1.00 bits per heavy atom. The number of hydrogen-bond donors (Lipinski definition) is 2. The molecule has 10 nitrogen and oxygen atoms in total. The molecule has 208 valence electrons. The van der Waals surface area contributed by atoms with Crippen molar-refractivity contribution in [3.63, 3.8) is 0 Å². The quantitative estimate of drug-likeness (QED) is 0.322. The molecule has 2 amide bonds. The number of methoxy groups -OCH3 is 2. The zero-order valence-corrected chi connectivity index (χ0v) is 22.6. The first-order valence-electron chi connectivity index (χ1n) is 13.4. The molecule has 3 aromatic carbocycles. The first kappa shape index (κ1) is 27.0. The van der Waals surface area contributed by atoms with Gasteiger partial charge in [-0.25, -0.2) is 4.68 Å². The topological polar surface area (TPSA) is 119 Å². The minimum atomic E-state index is -1.03. The number of anilines is 1. The number of hydrogen-bond acceptors (Lipinski definition) is 7. The summed E-state index contributed by atoms with van der Waals surface area (Å²) in [4.78, 5) is 29.7. The average Bonchev–Trinajstić information content (AvgIpc) is 3.39. The molecule has 1 aliphatic rings. The number of nitrogens with zero attached hydrogens (tertiary/aromatic N) is 4. The first-order chi connectivity index (χ1) is 19.5. The minimum Gasteiger partial charge on any atom is -0.508 e. The molecule has 0 unspecified atom stereocenters. The van der Waals surface area contributed by atoms with Gasteiger partial charge in [0, 0.05) is 17.8 Å². The predicted octanol–water partition coefficient (Wildman–Crippen LogP) is 4.38. The molecule has 0 radical (unpaired) electrons. The van der Waals surface area contributed by atoms with Crippen molar-refractivity contribution < 1.29 is 24.2 Å². The van der Waals surface area contributed by atoms with Crippen LogP contribution in [0.4, 0.5) is 5.69 Å². The number of para-hydroxylation sites is 1. The van der Waals surface area contributed by atoms with E-state index in [0.29, 0.717) is 33.8 Å². The lowest BCUT2D eigenvalue weighted by Gasteiger charge is -2.33. The van der Waals surface area contributed by atoms with Gasteiger partial charge in [-0.1, -0.05) is 48.7 Å². The third-order valence-corrected chi connectivity index (χ3v) is 7.29. The molecule has 0 spiro atoms. The van der Waals surface area contributed by atoms with Gasteiger partial charge < -0.3 is 19.9 Å². The molecular formula is C30H33N5O5. The molecule has 5 rings (SSSR count). The Morgan fingerprint density at radius 2 is 1.73 bits per heavy atom. The van der Waals surface area contributed by atoms with Crippen LogP contribution < -0.4 is 19.7 Å². The molecule has 10 heteroatoms. The van der Waals surface area contributed by atoms with Gasteiger partial charge in [0.1, 0.15) is 23.9 Å². The number of benzene rings is 3. The van der Waals surface area contributed by atoms with Gasteiger partial charge in [0.2, 0.25) is 11.8 Å². The fourth-order valence-corrected chi connectivity index (χ4v) is 5.25. The molecule has 1 aromatic heterocycles. The number of amides is 2. The van der Waals surface area contributed by atoms with Crippen LogP contribution in [0.25, 0.3) is 11.0 Å². The lowest BCUT2D eigenvalue weighted by molar-refractivity contribution is -0.127. The van der Waals surface area contributed by atoms with Crippen LogP contribution in [0, 0.1) is 0 Å². The van der Waals surface area contributed by atoms with Crippen molar-refractivity contribution in [2.75, 3.05) is 19.1 Å². The third kappa shape index (κ3) is 5.70. The molecule has 1 aliphatic carbocycles. The fourth-order valence-electron chi connectivity index (χ4n) is 5.25. The van der Waals surface area contributed by atoms with Gasteiger partial charge in [-0.05, 0) is 54.8 Å². The van der Waals surface area contributed by atoms with Crippen molar-refractivity contribution in [3.8, 4) is 17.2 Å². The maximum atomic E-state index is 14.2. The minimum absolute atomic E-state index is 0.0301. The number of phenols is 1. The molecular weight excluding hydrogens is 510 g/mol. The second kappa shape index (κ2) is 12.1. The van der Waals surface area contributed by atoms with Crippen LogP contribution in [0.3, 0.4) is 0 Å². The molecule has 1 atom stereocenters. The SMILES string of the molecule is COc1ccc(N(C(=O)Cn2nnc3ccccc32)[C@H](C(=O)NC2CCCCC2)c2ccc(O)cc2)cc1OC. The van der Waals surface area contributed by atoms with Crippen molar-refractivity contribution in [2.24, 2.45) is 0 Å². The molecule has 0 aliphatic heterocycles. The Bertz CT molecular complexity index is 1480. The van der Waals surface area contributed by atoms with E-state index in [4.69, 9.17) is 9.47 Å². The Labute approximate surface area is 232 Å². The maximum Gasteiger partial charge on any atom is 0.249 e. The van der Waals surface area contributed by atoms with Gasteiger partial charge in [-0.3, -0.25) is 14.5 Å². The van der Waals surface area contributed by atoms with Crippen LogP contribution in [0.15, 0.2) is 66.7 Å². The van der Waals surface area contributed by atoms with E-state index in [-0.39, 0.29) is 30.2 Å². The molecule has 40 heavy (non-hydrogen) atoms. The maximum absolute atomic E-state index is 14.2. The Balaban J connectivity index is 1.60. The molecule has 4 aromatic rings. The van der Waals surface area contributed by atoms with Crippen molar-refractivity contribution in [1.29, 1.82) is 0 Å². The van der Waals surface area contributed by atoms with Gasteiger partial charge in [0.05, 0.1) is 19.7 Å². The monoisotopic (exact) mass is 543 g/mol. The molecule has 1 heterocycles. The first-order valence-corrected chi connectivity index (χ1v) is 13.4. The largest absolute Gasteiger partial charge is 0.508 e. The molecule has 0 saturated heterocycles. The molecule has 1 saturated carbocycles. The standard InChI is InChI=1S/C30H33N5O5/c1-39-26-17-14-22(18-27(26)40-2)35(28(37)19-34-25-11-7-6-10-24(25)32-33-34)29(20-12-15-23(36)16-13-20)30(38)31-21-8-4-3-5-9-21/h6-7,10-18,21,29,36H,3-5,8-9,19H2,1-2H3,(H,31,38)/t29-/m0/s1. The van der Waals surface area contributed by atoms with Crippen LogP contribution in [-0.4, -0.2) is 52.2 Å². The number of ether oxygens (including phenoxy) is 2. The number of aromatic nitrogens is 3. The van der Waals surface area contributed by atoms with Crippen molar-refractivity contribution in [1.82, 2.24) is 20.3 Å². The lowest BCUT2D eigenvalue weighted by Crippen LogP contribution is -2.48. The number of rotatable bonds is 9. The van der Waals surface area contributed by atoms with Crippen LogP contribution in [-0.2, 0) is 16.1 Å². The normalized spacial score (nSPS) is 14.4. The number of aromatic hydroxyl groups is 1. The van der Waals surface area contributed by atoms with E-state index in [1.165, 1.54) is 35.9 Å². The zero-order chi connectivity index (χ0) is 28.1. The smallest absolute Gasteiger partial charge is 0.249 e. The zero-order valence-electron chi connectivity index (χ0n) is 22.6. The third-order valence-electron chi connectivity index (χ3n) is 7.29. The summed E-state index contributed by atoms with van der Waals surface area (Å²) >= 11 is 0. The van der Waals surface area contributed by atoms with E-state index >= 15 is 0 Å². The van der Waals surface area contributed by atoms with Gasteiger partial charge in [0.15, 0.2) is 11.5 Å². The van der Waals surface area contributed by atoms with Crippen LogP contribution >= 0.6 is 0 Å². The van der Waals surface area contributed by atoms with Crippen molar-refractivity contribution in [2.45, 2.75) is 50.7 Å². The summed E-state index contributed by atoms with van der Waals surface area (Å²) < 4.78 is 12.5. The predicted molar refractivity (Wildman–Crippen MR) is 150 cm³/mol. The Kier molecular flexibility index (Phi) is 8.14. The Hall–Kier alpha value is -4.60. The summed E-state index contributed by atoms with van der Waals surface area (Å²) in [6.07, 6.45) is 5.03. The molecule has 2 N–H and O–H groups in total. The number of fused-ring (bicyclic) bond motifs is 1. The highest BCUT2D eigenvalue weighted by Gasteiger charge is 2.35. The summed E-state index contributed by atoms with van der Waals surface area (Å²) in [7, 11) is 3.05. The van der Waals surface area contributed by atoms with Crippen LogP contribution in [0.2, 0.25) is 0 Å². The molecule has 0 bridgehead atoms. The van der Waals surface area contributed by atoms with E-state index in [2.05, 4.69) is 15.6 Å². The van der Waals surface area contributed by atoms with Gasteiger partial charge in [-0.2, -0.15) is 0 Å². The highest BCUT2D eigenvalue weighted by molar-refractivity contribution is 6.02. The van der Waals surface area contributed by atoms with Crippen molar-refractivity contribution >= 4 is 28.5 Å². The van der Waals surface area contributed by atoms with Crippen LogP contribution in [0.5, 0.6) is 17.2 Å². The summed E-state index contributed by atoms with van der Waals surface area (Å²) in [5, 5.41) is 21.5. The number of carbonyl (C=O) groups is 2. The van der Waals surface area contributed by atoms with E-state index in [9.17, 15) is 14.7 Å². The van der Waals surface area contributed by atoms with Gasteiger partial charge in [0.25, 0.3) is 0 Å². The summed E-state index contributed by atoms with van der Waals surface area (Å²) in [5.41, 5.74) is 2.37. The van der Waals surface area contributed by atoms with E-state index < -0.39 is 6.04 Å². The second-order valence-corrected chi connectivity index (χ2v) is 9.88.